The molecule has 0 aromatic carbocycles. The maximum absolute atomic E-state index is 11.0. The van der Waals surface area contributed by atoms with E-state index in [1.807, 2.05) is 20.8 Å². The molecule has 5 heteroatoms. The average Bonchev–Trinajstić information content (AvgIpc) is 2.20. The van der Waals surface area contributed by atoms with Crippen molar-refractivity contribution in [1.82, 2.24) is 0 Å². The molecule has 0 aliphatic carbocycles. The molecule has 4 nitrogen and oxygen atoms in total. The molecular formula is C14H28MgO4. The van der Waals surface area contributed by atoms with E-state index in [1.165, 1.54) is 0 Å². The highest BCUT2D eigenvalue weighted by Gasteiger charge is 2.33. The minimum atomic E-state index is -1.28. The molecule has 2 N–H and O–H groups in total. The number of unbranched alkanes of at least 4 members (excludes halogenated alkanes) is 2. The average molecular weight is 285 g/mol. The Morgan fingerprint density at radius 3 is 1.84 bits per heavy atom. The summed E-state index contributed by atoms with van der Waals surface area (Å²) >= 11 is 0. The third-order valence-electron chi connectivity index (χ3n) is 3.50. The lowest BCUT2D eigenvalue weighted by Gasteiger charge is -2.32. The van der Waals surface area contributed by atoms with Gasteiger partial charge in [-0.1, -0.05) is 47.0 Å². The van der Waals surface area contributed by atoms with Crippen molar-refractivity contribution in [2.45, 2.75) is 59.8 Å². The lowest BCUT2D eigenvalue weighted by atomic mass is 9.73. The molecule has 19 heavy (non-hydrogen) atoms. The summed E-state index contributed by atoms with van der Waals surface area (Å²) in [4.78, 5) is 21.9. The number of hydrogen-bond donors (Lipinski definition) is 2. The second-order valence-corrected chi connectivity index (χ2v) is 6.02. The van der Waals surface area contributed by atoms with Crippen molar-refractivity contribution in [2.75, 3.05) is 0 Å². The zero-order valence-corrected chi connectivity index (χ0v) is 11.9. The van der Waals surface area contributed by atoms with Crippen molar-refractivity contribution in [3.8, 4) is 0 Å². The number of hydrogen-bond acceptors (Lipinski definition) is 2. The molecule has 0 radical (unpaired) electrons. The van der Waals surface area contributed by atoms with Crippen molar-refractivity contribution in [2.24, 2.45) is 17.3 Å². The first-order chi connectivity index (χ1) is 8.20. The summed E-state index contributed by atoms with van der Waals surface area (Å²) in [7, 11) is 0. The molecule has 0 saturated carbocycles. The van der Waals surface area contributed by atoms with E-state index in [0.29, 0.717) is 0 Å². The van der Waals surface area contributed by atoms with Crippen molar-refractivity contribution < 1.29 is 19.8 Å². The van der Waals surface area contributed by atoms with Gasteiger partial charge in [-0.3, -0.25) is 9.59 Å². The summed E-state index contributed by atoms with van der Waals surface area (Å²) in [6.07, 6.45) is 4.37. The fraction of sp³-hybridized carbons (Fsp3) is 0.857. The van der Waals surface area contributed by atoms with Crippen LogP contribution in [0.25, 0.3) is 0 Å². The fourth-order valence-corrected chi connectivity index (χ4v) is 2.14. The van der Waals surface area contributed by atoms with Gasteiger partial charge in [-0.15, -0.1) is 0 Å². The summed E-state index contributed by atoms with van der Waals surface area (Å²) in [6, 6.07) is 0. The Labute approximate surface area is 132 Å². The number of carboxylic acid groups (broad SMARTS) is 2. The standard InChI is InChI=1S/C14H26O4.Mg.2H/c1-5-6-7-8-10(14(2,3)4)9-11(12(15)16)13(17)18;;;/h10-11H,5-9H2,1-4H3,(H,15,16)(H,17,18);;;. The van der Waals surface area contributed by atoms with Gasteiger partial charge in [-0.05, 0) is 24.2 Å². The molecule has 0 aromatic rings. The maximum Gasteiger partial charge on any atom is 0.317 e. The molecule has 0 rings (SSSR count). The summed E-state index contributed by atoms with van der Waals surface area (Å²) in [5.41, 5.74) is -0.0586. The molecule has 1 unspecified atom stereocenters. The summed E-state index contributed by atoms with van der Waals surface area (Å²) < 4.78 is 0. The number of carbonyl (C=O) groups is 2. The van der Waals surface area contributed by atoms with Gasteiger partial charge < -0.3 is 10.2 Å². The Hall–Kier alpha value is -0.294. The molecule has 0 fully saturated rings. The first-order valence-corrected chi connectivity index (χ1v) is 6.65. The highest BCUT2D eigenvalue weighted by Crippen LogP contribution is 2.35. The van der Waals surface area contributed by atoms with Crippen LogP contribution in [0.5, 0.6) is 0 Å². The van der Waals surface area contributed by atoms with E-state index in [4.69, 9.17) is 10.2 Å². The van der Waals surface area contributed by atoms with Gasteiger partial charge in [0.2, 0.25) is 0 Å². The quantitative estimate of drug-likeness (QED) is 0.408. The molecule has 0 bridgehead atoms. The highest BCUT2D eigenvalue weighted by atomic mass is 24.3. The Bertz CT molecular complexity index is 270. The molecular weight excluding hydrogens is 256 g/mol. The zero-order chi connectivity index (χ0) is 14.3. The molecule has 0 amide bonds. The van der Waals surface area contributed by atoms with Crippen molar-refractivity contribution in [1.29, 1.82) is 0 Å². The van der Waals surface area contributed by atoms with E-state index < -0.39 is 17.9 Å². The normalized spacial score (nSPS) is 12.9. The van der Waals surface area contributed by atoms with Crippen LogP contribution in [0.3, 0.4) is 0 Å². The van der Waals surface area contributed by atoms with Crippen molar-refractivity contribution in [3.63, 3.8) is 0 Å². The second-order valence-electron chi connectivity index (χ2n) is 6.02. The van der Waals surface area contributed by atoms with Gasteiger partial charge >= 0.3 is 35.0 Å². The van der Waals surface area contributed by atoms with E-state index in [-0.39, 0.29) is 40.8 Å². The monoisotopic (exact) mass is 284 g/mol. The van der Waals surface area contributed by atoms with Gasteiger partial charge in [0.25, 0.3) is 0 Å². The summed E-state index contributed by atoms with van der Waals surface area (Å²) in [6.45, 7) is 8.25. The summed E-state index contributed by atoms with van der Waals surface area (Å²) in [5, 5.41) is 17.9. The molecule has 0 heterocycles. The predicted molar refractivity (Wildman–Crippen MR) is 79.0 cm³/mol. The van der Waals surface area contributed by atoms with Gasteiger partial charge in [0.05, 0.1) is 0 Å². The van der Waals surface area contributed by atoms with Crippen LogP contribution < -0.4 is 0 Å². The molecule has 0 aromatic heterocycles. The second kappa shape index (κ2) is 9.59. The zero-order valence-electron chi connectivity index (χ0n) is 11.9. The molecule has 0 aliphatic heterocycles. The van der Waals surface area contributed by atoms with Crippen molar-refractivity contribution in [3.05, 3.63) is 0 Å². The topological polar surface area (TPSA) is 74.6 Å². The van der Waals surface area contributed by atoms with Crippen LogP contribution in [0, 0.1) is 17.3 Å². The number of rotatable bonds is 8. The molecule has 1 atom stereocenters. The van der Waals surface area contributed by atoms with Gasteiger partial charge in [0.15, 0.2) is 5.92 Å². The highest BCUT2D eigenvalue weighted by molar-refractivity contribution is 5.92. The van der Waals surface area contributed by atoms with Crippen LogP contribution in [-0.2, 0) is 9.59 Å². The fourth-order valence-electron chi connectivity index (χ4n) is 2.14. The lowest BCUT2D eigenvalue weighted by molar-refractivity contribution is -0.155. The first kappa shape index (κ1) is 21.0. The van der Waals surface area contributed by atoms with Crippen LogP contribution in [0.1, 0.15) is 59.8 Å². The summed E-state index contributed by atoms with van der Waals surface area (Å²) in [5.74, 6) is -3.61. The number of aliphatic carboxylic acids is 2. The minimum absolute atomic E-state index is 0. The van der Waals surface area contributed by atoms with E-state index in [2.05, 4.69) is 6.92 Å². The van der Waals surface area contributed by atoms with Gasteiger partial charge in [-0.2, -0.15) is 0 Å². The van der Waals surface area contributed by atoms with Crippen LogP contribution in [0.15, 0.2) is 0 Å². The predicted octanol–water partition coefficient (Wildman–Crippen LogP) is 2.49. The van der Waals surface area contributed by atoms with E-state index in [1.54, 1.807) is 0 Å². The van der Waals surface area contributed by atoms with Crippen molar-refractivity contribution >= 4 is 35.0 Å². The van der Waals surface area contributed by atoms with Crippen LogP contribution in [0.4, 0.5) is 0 Å². The van der Waals surface area contributed by atoms with Gasteiger partial charge in [0.1, 0.15) is 0 Å². The minimum Gasteiger partial charge on any atom is -0.481 e. The Morgan fingerprint density at radius 1 is 1.05 bits per heavy atom. The largest absolute Gasteiger partial charge is 0.481 e. The smallest absolute Gasteiger partial charge is 0.317 e. The lowest BCUT2D eigenvalue weighted by Crippen LogP contribution is -2.31. The molecule has 0 spiro atoms. The van der Waals surface area contributed by atoms with Crippen LogP contribution in [0.2, 0.25) is 0 Å². The molecule has 0 aliphatic rings. The van der Waals surface area contributed by atoms with Crippen LogP contribution >= 0.6 is 0 Å². The van der Waals surface area contributed by atoms with E-state index in [9.17, 15) is 9.59 Å². The van der Waals surface area contributed by atoms with E-state index in [0.717, 1.165) is 25.7 Å². The third-order valence-corrected chi connectivity index (χ3v) is 3.50. The number of carboxylic acids is 2. The Kier molecular flexibility index (Phi) is 10.6. The van der Waals surface area contributed by atoms with Gasteiger partial charge in [0, 0.05) is 0 Å². The molecule has 110 valence electrons. The maximum atomic E-state index is 11.0. The van der Waals surface area contributed by atoms with E-state index >= 15 is 0 Å². The third kappa shape index (κ3) is 8.47. The van der Waals surface area contributed by atoms with Crippen LogP contribution in [-0.4, -0.2) is 45.2 Å². The SMILES string of the molecule is CCCCCC(CC(C(=O)O)C(=O)O)C(C)(C)C.[MgH2]. The Balaban J connectivity index is 0. The Morgan fingerprint density at radius 2 is 1.53 bits per heavy atom. The molecule has 0 saturated heterocycles. The van der Waals surface area contributed by atoms with Gasteiger partial charge in [-0.25, -0.2) is 0 Å². The first-order valence-electron chi connectivity index (χ1n) is 6.65.